The van der Waals surface area contributed by atoms with Crippen molar-refractivity contribution in [2.24, 2.45) is 0 Å². The van der Waals surface area contributed by atoms with Crippen LogP contribution in [-0.2, 0) is 6.54 Å². The predicted octanol–water partition coefficient (Wildman–Crippen LogP) is 1.57. The maximum absolute atomic E-state index is 11.9. The van der Waals surface area contributed by atoms with Gasteiger partial charge in [-0.3, -0.25) is 4.79 Å². The highest BCUT2D eigenvalue weighted by Crippen LogP contribution is 2.18. The molecule has 0 aromatic carbocycles. The fraction of sp³-hybridized carbons (Fsp3) is 0.636. The molecule has 0 spiro atoms. The number of anilines is 1. The van der Waals surface area contributed by atoms with Crippen molar-refractivity contribution in [2.45, 2.75) is 32.4 Å². The molecule has 1 aromatic heterocycles. The molecular formula is C11H17N3OS. The highest BCUT2D eigenvalue weighted by Gasteiger charge is 2.15. The van der Waals surface area contributed by atoms with E-state index in [1.807, 2.05) is 18.7 Å². The average Bonchev–Trinajstić information content (AvgIpc) is 2.33. The van der Waals surface area contributed by atoms with E-state index < -0.39 is 0 Å². The number of thioether (sulfide) groups is 1. The lowest BCUT2D eigenvalue weighted by Crippen LogP contribution is -2.31. The van der Waals surface area contributed by atoms with Gasteiger partial charge in [-0.25, -0.2) is 4.98 Å². The van der Waals surface area contributed by atoms with E-state index in [1.54, 1.807) is 17.0 Å². The van der Waals surface area contributed by atoms with Gasteiger partial charge in [-0.2, -0.15) is 11.8 Å². The number of hydrogen-bond acceptors (Lipinski definition) is 4. The molecular weight excluding hydrogens is 222 g/mol. The van der Waals surface area contributed by atoms with E-state index in [9.17, 15) is 4.79 Å². The molecule has 1 fully saturated rings. The van der Waals surface area contributed by atoms with Crippen LogP contribution in [0.15, 0.2) is 17.2 Å². The zero-order valence-electron chi connectivity index (χ0n) is 9.48. The number of aryl methyl sites for hydroxylation is 1. The quantitative estimate of drug-likeness (QED) is 0.870. The lowest BCUT2D eigenvalue weighted by Gasteiger charge is -2.22. The summed E-state index contributed by atoms with van der Waals surface area (Å²) in [5.41, 5.74) is -0.0134. The molecule has 0 aliphatic carbocycles. The van der Waals surface area contributed by atoms with Crippen LogP contribution in [0.25, 0.3) is 0 Å². The first-order valence-electron chi connectivity index (χ1n) is 5.71. The third-order valence-corrected chi connectivity index (χ3v) is 3.97. The summed E-state index contributed by atoms with van der Waals surface area (Å²) in [5, 5.41) is 3.26. The molecule has 1 unspecified atom stereocenters. The van der Waals surface area contributed by atoms with Gasteiger partial charge in [0.15, 0.2) is 5.82 Å². The van der Waals surface area contributed by atoms with Gasteiger partial charge in [-0.15, -0.1) is 0 Å². The van der Waals surface area contributed by atoms with Crippen molar-refractivity contribution >= 4 is 17.6 Å². The van der Waals surface area contributed by atoms with Crippen molar-refractivity contribution in [1.29, 1.82) is 0 Å². The minimum atomic E-state index is -0.0134. The molecule has 0 radical (unpaired) electrons. The second kappa shape index (κ2) is 5.39. The molecule has 1 aromatic rings. The highest BCUT2D eigenvalue weighted by molar-refractivity contribution is 7.99. The Morgan fingerprint density at radius 3 is 3.25 bits per heavy atom. The molecule has 2 heterocycles. The molecule has 2 rings (SSSR count). The number of nitrogens with one attached hydrogen (secondary N) is 1. The van der Waals surface area contributed by atoms with Crippen molar-refractivity contribution in [3.05, 3.63) is 22.7 Å². The van der Waals surface area contributed by atoms with Gasteiger partial charge < -0.3 is 9.88 Å². The summed E-state index contributed by atoms with van der Waals surface area (Å²) in [7, 11) is 0. The SMILES string of the molecule is CCn1ccnc(NC2CCCSC2)c1=O. The van der Waals surface area contributed by atoms with Crippen LogP contribution < -0.4 is 10.9 Å². The first kappa shape index (κ1) is 11.5. The summed E-state index contributed by atoms with van der Waals surface area (Å²) in [6, 6.07) is 0.395. The maximum atomic E-state index is 11.9. The van der Waals surface area contributed by atoms with Crippen LogP contribution in [0.5, 0.6) is 0 Å². The average molecular weight is 239 g/mol. The summed E-state index contributed by atoms with van der Waals surface area (Å²) >= 11 is 1.94. The van der Waals surface area contributed by atoms with Crippen LogP contribution in [0.3, 0.4) is 0 Å². The summed E-state index contributed by atoms with van der Waals surface area (Å²) < 4.78 is 1.67. The molecule has 16 heavy (non-hydrogen) atoms. The molecule has 5 heteroatoms. The first-order chi connectivity index (χ1) is 7.81. The second-order valence-corrected chi connectivity index (χ2v) is 5.08. The zero-order valence-corrected chi connectivity index (χ0v) is 10.3. The minimum Gasteiger partial charge on any atom is -0.362 e. The monoisotopic (exact) mass is 239 g/mol. The van der Waals surface area contributed by atoms with Gasteiger partial charge in [0.2, 0.25) is 0 Å². The fourth-order valence-electron chi connectivity index (χ4n) is 1.84. The van der Waals surface area contributed by atoms with E-state index >= 15 is 0 Å². The van der Waals surface area contributed by atoms with Crippen LogP contribution in [0, 0.1) is 0 Å². The minimum absolute atomic E-state index is 0.0134. The number of aromatic nitrogens is 2. The Morgan fingerprint density at radius 2 is 2.56 bits per heavy atom. The van der Waals surface area contributed by atoms with Crippen molar-refractivity contribution in [2.75, 3.05) is 16.8 Å². The third kappa shape index (κ3) is 2.58. The van der Waals surface area contributed by atoms with Crippen LogP contribution in [0.2, 0.25) is 0 Å². The van der Waals surface area contributed by atoms with Crippen LogP contribution in [0.1, 0.15) is 19.8 Å². The summed E-state index contributed by atoms with van der Waals surface area (Å²) in [4.78, 5) is 16.0. The van der Waals surface area contributed by atoms with E-state index in [2.05, 4.69) is 10.3 Å². The smallest absolute Gasteiger partial charge is 0.293 e. The van der Waals surface area contributed by atoms with Gasteiger partial charge >= 0.3 is 0 Å². The van der Waals surface area contributed by atoms with Gasteiger partial charge in [0.05, 0.1) is 0 Å². The predicted molar refractivity (Wildman–Crippen MR) is 68.1 cm³/mol. The number of nitrogens with zero attached hydrogens (tertiary/aromatic N) is 2. The van der Waals surface area contributed by atoms with Gasteiger partial charge in [0.25, 0.3) is 5.56 Å². The Balaban J connectivity index is 2.11. The van der Waals surface area contributed by atoms with E-state index in [0.717, 1.165) is 12.2 Å². The van der Waals surface area contributed by atoms with Crippen molar-refractivity contribution in [1.82, 2.24) is 9.55 Å². The molecule has 0 amide bonds. The van der Waals surface area contributed by atoms with Crippen molar-refractivity contribution in [3.8, 4) is 0 Å². The fourth-order valence-corrected chi connectivity index (χ4v) is 2.92. The lowest BCUT2D eigenvalue weighted by molar-refractivity contribution is 0.670. The highest BCUT2D eigenvalue weighted by atomic mass is 32.2. The Bertz CT molecular complexity index is 398. The van der Waals surface area contributed by atoms with E-state index in [-0.39, 0.29) is 5.56 Å². The van der Waals surface area contributed by atoms with E-state index in [0.29, 0.717) is 18.4 Å². The topological polar surface area (TPSA) is 46.9 Å². The second-order valence-electron chi connectivity index (χ2n) is 3.93. The van der Waals surface area contributed by atoms with Gasteiger partial charge in [0, 0.05) is 30.7 Å². The number of rotatable bonds is 3. The van der Waals surface area contributed by atoms with Crippen molar-refractivity contribution < 1.29 is 0 Å². The van der Waals surface area contributed by atoms with Gasteiger partial charge in [-0.1, -0.05) is 0 Å². The summed E-state index contributed by atoms with van der Waals surface area (Å²) in [6.45, 7) is 2.65. The van der Waals surface area contributed by atoms with Crippen molar-refractivity contribution in [3.63, 3.8) is 0 Å². The Kier molecular flexibility index (Phi) is 3.88. The molecule has 1 aliphatic rings. The maximum Gasteiger partial charge on any atom is 0.293 e. The molecule has 1 aliphatic heterocycles. The molecule has 1 atom stereocenters. The molecule has 0 bridgehead atoms. The molecule has 0 saturated carbocycles. The largest absolute Gasteiger partial charge is 0.362 e. The Labute approximate surface area is 99.5 Å². The normalized spacial score (nSPS) is 20.7. The van der Waals surface area contributed by atoms with Crippen LogP contribution in [0.4, 0.5) is 5.82 Å². The summed E-state index contributed by atoms with van der Waals surface area (Å²) in [5.74, 6) is 2.80. The molecule has 1 saturated heterocycles. The summed E-state index contributed by atoms with van der Waals surface area (Å²) in [6.07, 6.45) is 5.76. The van der Waals surface area contributed by atoms with Crippen LogP contribution >= 0.6 is 11.8 Å². The van der Waals surface area contributed by atoms with Crippen LogP contribution in [-0.4, -0.2) is 27.1 Å². The van der Waals surface area contributed by atoms with Gasteiger partial charge in [0.1, 0.15) is 0 Å². The van der Waals surface area contributed by atoms with E-state index in [4.69, 9.17) is 0 Å². The Morgan fingerprint density at radius 1 is 1.69 bits per heavy atom. The standard InChI is InChI=1S/C11H17N3OS/c1-2-14-6-5-12-10(11(14)15)13-9-4-3-7-16-8-9/h5-6,9H,2-4,7-8H2,1H3,(H,12,13). The zero-order chi connectivity index (χ0) is 11.4. The molecule has 1 N–H and O–H groups in total. The van der Waals surface area contributed by atoms with Gasteiger partial charge in [-0.05, 0) is 25.5 Å². The molecule has 88 valence electrons. The molecule has 4 nitrogen and oxygen atoms in total. The lowest BCUT2D eigenvalue weighted by atomic mass is 10.2. The third-order valence-electron chi connectivity index (χ3n) is 2.76. The first-order valence-corrected chi connectivity index (χ1v) is 6.86. The van der Waals surface area contributed by atoms with E-state index in [1.165, 1.54) is 12.2 Å². The number of hydrogen-bond donors (Lipinski definition) is 1. The Hall–Kier alpha value is -0.970.